The fourth-order valence-corrected chi connectivity index (χ4v) is 10.3. The number of carbonyl (C=O) groups excluding carboxylic acids is 1. The molecular weight excluding hydrogens is 436 g/mol. The van der Waals surface area contributed by atoms with Gasteiger partial charge in [0.2, 0.25) is 0 Å². The number of ether oxygens (including phenoxy) is 1. The van der Waals surface area contributed by atoms with Gasteiger partial charge in [-0.15, -0.1) is 0 Å². The molecule has 5 nitrogen and oxygen atoms in total. The lowest BCUT2D eigenvalue weighted by Crippen LogP contribution is -2.59. The molecule has 200 valence electrons. The Kier molecular flexibility index (Phi) is 6.35. The van der Waals surface area contributed by atoms with Gasteiger partial charge in [0.05, 0.1) is 12.7 Å². The number of Topliss-reactive ketones (excluding diaryl/α,β-unsaturated/α-hetero) is 1. The molecule has 0 aromatic rings. The number of nitrogens with zero attached hydrogens (tertiary/aromatic N) is 1. The molecule has 0 radical (unpaired) electrons. The van der Waals surface area contributed by atoms with E-state index in [0.717, 1.165) is 45.1 Å². The summed E-state index contributed by atoms with van der Waals surface area (Å²) in [7, 11) is 4.23. The third-order valence-corrected chi connectivity index (χ3v) is 12.7. The van der Waals surface area contributed by atoms with E-state index < -0.39 is 0 Å². The van der Waals surface area contributed by atoms with Crippen LogP contribution in [0.3, 0.4) is 0 Å². The Morgan fingerprint density at radius 3 is 2.51 bits per heavy atom. The maximum absolute atomic E-state index is 14.3. The quantitative estimate of drug-likeness (QED) is 0.559. The van der Waals surface area contributed by atoms with Crippen LogP contribution in [0.2, 0.25) is 0 Å². The zero-order valence-corrected chi connectivity index (χ0v) is 23.7. The highest BCUT2D eigenvalue weighted by molar-refractivity contribution is 5.92. The predicted octanol–water partition coefficient (Wildman–Crippen LogP) is 4.87. The number of hydrogen-bond acceptors (Lipinski definition) is 5. The highest BCUT2D eigenvalue weighted by Crippen LogP contribution is 2.85. The molecular formula is C30H52N2O3. The Morgan fingerprint density at radius 1 is 1.14 bits per heavy atom. The van der Waals surface area contributed by atoms with Crippen molar-refractivity contribution in [3.8, 4) is 0 Å². The Labute approximate surface area is 214 Å². The minimum Gasteiger partial charge on any atom is -0.393 e. The first-order valence-corrected chi connectivity index (χ1v) is 14.6. The van der Waals surface area contributed by atoms with Crippen molar-refractivity contribution in [3.05, 3.63) is 0 Å². The van der Waals surface area contributed by atoms with Crippen molar-refractivity contribution in [1.29, 1.82) is 0 Å². The number of aliphatic hydroxyl groups excluding tert-OH is 1. The summed E-state index contributed by atoms with van der Waals surface area (Å²) in [6, 6.07) is 0.757. The van der Waals surface area contributed by atoms with Gasteiger partial charge in [-0.2, -0.15) is 0 Å². The van der Waals surface area contributed by atoms with Gasteiger partial charge in [-0.1, -0.05) is 34.6 Å². The van der Waals surface area contributed by atoms with Crippen LogP contribution in [0, 0.1) is 45.3 Å². The molecule has 2 N–H and O–H groups in total. The van der Waals surface area contributed by atoms with E-state index in [1.54, 1.807) is 0 Å². The second-order valence-electron chi connectivity index (χ2n) is 14.5. The average Bonchev–Trinajstić information content (AvgIpc) is 3.44. The molecule has 0 aromatic heterocycles. The highest BCUT2D eigenvalue weighted by Gasteiger charge is 2.83. The van der Waals surface area contributed by atoms with Crippen molar-refractivity contribution in [2.24, 2.45) is 45.3 Å². The molecule has 4 saturated carbocycles. The first-order valence-electron chi connectivity index (χ1n) is 14.6. The van der Waals surface area contributed by atoms with Gasteiger partial charge in [-0.05, 0) is 100.0 Å². The Bertz CT molecular complexity index is 845. The number of aliphatic hydroxyl groups is 1. The SMILES string of the molecule is CC(C)C1NC(CCC23CC24C(=O)CC2(C)C([C@H](C)N(C)C)[C@H](O)C[C@@]2(C)C4CCC3C)CCO1. The number of nitrogens with one attached hydrogen (secondary N) is 1. The highest BCUT2D eigenvalue weighted by atomic mass is 16.5. The van der Waals surface area contributed by atoms with E-state index in [0.29, 0.717) is 36.0 Å². The molecule has 8 unspecified atom stereocenters. The fraction of sp³-hybridized carbons (Fsp3) is 0.967. The number of ketones is 1. The van der Waals surface area contributed by atoms with E-state index in [1.807, 2.05) is 0 Å². The summed E-state index contributed by atoms with van der Waals surface area (Å²) < 4.78 is 5.96. The van der Waals surface area contributed by atoms with Crippen LogP contribution in [0.1, 0.15) is 92.9 Å². The first-order chi connectivity index (χ1) is 16.3. The molecule has 1 aliphatic heterocycles. The van der Waals surface area contributed by atoms with E-state index in [2.05, 4.69) is 65.9 Å². The number of rotatable bonds is 6. The predicted molar refractivity (Wildman–Crippen MR) is 140 cm³/mol. The Hall–Kier alpha value is -0.490. The summed E-state index contributed by atoms with van der Waals surface area (Å²) in [5, 5.41) is 15.2. The number of hydrogen-bond donors (Lipinski definition) is 2. The summed E-state index contributed by atoms with van der Waals surface area (Å²) >= 11 is 0. The normalized spacial score (nSPS) is 52.3. The second-order valence-corrected chi connectivity index (χ2v) is 14.5. The third-order valence-electron chi connectivity index (χ3n) is 12.7. The van der Waals surface area contributed by atoms with E-state index in [-0.39, 0.29) is 46.0 Å². The molecule has 5 aliphatic rings. The van der Waals surface area contributed by atoms with E-state index in [1.165, 1.54) is 6.42 Å². The maximum atomic E-state index is 14.3. The molecule has 5 heteroatoms. The standard InChI is InChI=1S/C30H52N2O3/c1-18(2)26-31-21(12-14-35-26)11-13-29-17-30(29)23(10-9-19(29)3)27(5)15-22(33)25(20(4)32(7)8)28(27,6)16-24(30)34/h18-23,25-26,31,33H,9-17H2,1-8H3/t19?,20-,21?,22+,23?,25?,26?,27-,28?,29?,30?/m0/s1. The summed E-state index contributed by atoms with van der Waals surface area (Å²) in [6.07, 6.45) is 8.20. The van der Waals surface area contributed by atoms with Crippen molar-refractivity contribution in [1.82, 2.24) is 10.2 Å². The van der Waals surface area contributed by atoms with Crippen LogP contribution in [0.25, 0.3) is 0 Å². The zero-order valence-electron chi connectivity index (χ0n) is 23.7. The Balaban J connectivity index is 1.42. The van der Waals surface area contributed by atoms with Gasteiger partial charge in [0.1, 0.15) is 12.0 Å². The average molecular weight is 489 g/mol. The molecule has 11 atom stereocenters. The van der Waals surface area contributed by atoms with Gasteiger partial charge in [0.25, 0.3) is 0 Å². The van der Waals surface area contributed by atoms with Crippen LogP contribution >= 0.6 is 0 Å². The van der Waals surface area contributed by atoms with Gasteiger partial charge in [-0.25, -0.2) is 0 Å². The Morgan fingerprint density at radius 2 is 1.86 bits per heavy atom. The van der Waals surface area contributed by atoms with Crippen molar-refractivity contribution in [2.45, 2.75) is 117 Å². The lowest BCUT2D eigenvalue weighted by molar-refractivity contribution is -0.161. The second kappa shape index (κ2) is 8.51. The van der Waals surface area contributed by atoms with Crippen LogP contribution < -0.4 is 5.32 Å². The zero-order chi connectivity index (χ0) is 25.6. The minimum atomic E-state index is -0.322. The monoisotopic (exact) mass is 488 g/mol. The van der Waals surface area contributed by atoms with Gasteiger partial charge in [-0.3, -0.25) is 10.1 Å². The maximum Gasteiger partial charge on any atom is 0.140 e. The summed E-state index contributed by atoms with van der Waals surface area (Å²) in [5.41, 5.74) is -0.0834. The smallest absolute Gasteiger partial charge is 0.140 e. The van der Waals surface area contributed by atoms with E-state index >= 15 is 0 Å². The molecule has 0 bridgehead atoms. The lowest BCUT2D eigenvalue weighted by atomic mass is 9.44. The van der Waals surface area contributed by atoms with Gasteiger partial charge in [0, 0.05) is 29.8 Å². The lowest BCUT2D eigenvalue weighted by Gasteiger charge is -2.59. The van der Waals surface area contributed by atoms with Crippen LogP contribution in [-0.4, -0.2) is 60.9 Å². The van der Waals surface area contributed by atoms with Crippen molar-refractivity contribution >= 4 is 5.78 Å². The molecule has 5 fully saturated rings. The first kappa shape index (κ1) is 26.1. The van der Waals surface area contributed by atoms with Gasteiger partial charge < -0.3 is 14.7 Å². The molecule has 5 rings (SSSR count). The van der Waals surface area contributed by atoms with E-state index in [9.17, 15) is 9.90 Å². The number of fused-ring (bicyclic) bond motifs is 2. The minimum absolute atomic E-state index is 0.0246. The molecule has 4 aliphatic carbocycles. The van der Waals surface area contributed by atoms with Crippen LogP contribution in [0.5, 0.6) is 0 Å². The topological polar surface area (TPSA) is 61.8 Å². The van der Waals surface area contributed by atoms with E-state index in [4.69, 9.17) is 4.74 Å². The van der Waals surface area contributed by atoms with Gasteiger partial charge >= 0.3 is 0 Å². The van der Waals surface area contributed by atoms with Crippen LogP contribution in [0.15, 0.2) is 0 Å². The van der Waals surface area contributed by atoms with Crippen molar-refractivity contribution < 1.29 is 14.6 Å². The summed E-state index contributed by atoms with van der Waals surface area (Å²) in [6.45, 7) is 14.8. The van der Waals surface area contributed by atoms with Crippen molar-refractivity contribution in [3.63, 3.8) is 0 Å². The van der Waals surface area contributed by atoms with Crippen LogP contribution in [-0.2, 0) is 9.53 Å². The molecule has 35 heavy (non-hydrogen) atoms. The summed E-state index contributed by atoms with van der Waals surface area (Å²) in [4.78, 5) is 16.6. The third kappa shape index (κ3) is 3.43. The van der Waals surface area contributed by atoms with Crippen molar-refractivity contribution in [2.75, 3.05) is 20.7 Å². The van der Waals surface area contributed by atoms with Gasteiger partial charge in [0.15, 0.2) is 0 Å². The summed E-state index contributed by atoms with van der Waals surface area (Å²) in [5.74, 6) is 2.19. The molecule has 1 heterocycles. The molecule has 0 amide bonds. The van der Waals surface area contributed by atoms with Crippen LogP contribution in [0.4, 0.5) is 0 Å². The largest absolute Gasteiger partial charge is 0.393 e. The molecule has 1 saturated heterocycles. The molecule has 0 aromatic carbocycles. The fourth-order valence-electron chi connectivity index (χ4n) is 10.3. The number of carbonyl (C=O) groups is 1. The molecule has 1 spiro atoms.